The van der Waals surface area contributed by atoms with Gasteiger partial charge in [0.05, 0.1) is 6.20 Å². The van der Waals surface area contributed by atoms with E-state index < -0.39 is 0 Å². The van der Waals surface area contributed by atoms with E-state index in [9.17, 15) is 5.11 Å². The maximum Gasteiger partial charge on any atom is 0.141 e. The first kappa shape index (κ1) is 8.78. The van der Waals surface area contributed by atoms with Gasteiger partial charge in [0.2, 0.25) is 0 Å². The van der Waals surface area contributed by atoms with Crippen molar-refractivity contribution in [2.45, 2.75) is 0 Å². The zero-order chi connectivity index (χ0) is 9.42. The standard InChI is InChI=1S/C9H5BrClNO/c10-5-1-2-6-7(3-5)8(13)4-12-9(6)11/h1-4,13H. The van der Waals surface area contributed by atoms with Gasteiger partial charge in [-0.3, -0.25) is 0 Å². The third-order valence-corrected chi connectivity index (χ3v) is 2.57. The molecule has 4 heteroatoms. The molecule has 1 aromatic heterocycles. The van der Waals surface area contributed by atoms with Crippen LogP contribution in [0.3, 0.4) is 0 Å². The molecule has 0 amide bonds. The molecule has 1 heterocycles. The lowest BCUT2D eigenvalue weighted by Gasteiger charge is -2.02. The van der Waals surface area contributed by atoms with Gasteiger partial charge in [0.15, 0.2) is 0 Å². The van der Waals surface area contributed by atoms with Crippen molar-refractivity contribution >= 4 is 38.3 Å². The summed E-state index contributed by atoms with van der Waals surface area (Å²) >= 11 is 9.16. The van der Waals surface area contributed by atoms with Gasteiger partial charge in [0.25, 0.3) is 0 Å². The van der Waals surface area contributed by atoms with Crippen molar-refractivity contribution in [3.8, 4) is 5.75 Å². The van der Waals surface area contributed by atoms with Gasteiger partial charge < -0.3 is 5.11 Å². The first-order chi connectivity index (χ1) is 6.18. The molecule has 0 radical (unpaired) electrons. The third kappa shape index (κ3) is 1.49. The van der Waals surface area contributed by atoms with E-state index in [0.717, 1.165) is 9.86 Å². The minimum absolute atomic E-state index is 0.140. The van der Waals surface area contributed by atoms with Crippen LogP contribution in [0.4, 0.5) is 0 Å². The Morgan fingerprint density at radius 2 is 2.08 bits per heavy atom. The number of pyridine rings is 1. The van der Waals surface area contributed by atoms with E-state index in [2.05, 4.69) is 20.9 Å². The number of hydrogen-bond donors (Lipinski definition) is 1. The van der Waals surface area contributed by atoms with Gasteiger partial charge in [-0.1, -0.05) is 33.6 Å². The van der Waals surface area contributed by atoms with Crippen molar-refractivity contribution < 1.29 is 5.11 Å². The van der Waals surface area contributed by atoms with Crippen molar-refractivity contribution in [3.05, 3.63) is 34.0 Å². The van der Waals surface area contributed by atoms with Crippen LogP contribution in [0.25, 0.3) is 10.8 Å². The molecular formula is C9H5BrClNO. The fraction of sp³-hybridized carbons (Fsp3) is 0. The van der Waals surface area contributed by atoms with Crippen molar-refractivity contribution in [2.24, 2.45) is 0 Å². The highest BCUT2D eigenvalue weighted by molar-refractivity contribution is 9.10. The van der Waals surface area contributed by atoms with Crippen LogP contribution in [0, 0.1) is 0 Å². The number of halogens is 2. The van der Waals surface area contributed by atoms with E-state index in [-0.39, 0.29) is 5.75 Å². The molecule has 66 valence electrons. The molecule has 2 aromatic rings. The third-order valence-electron chi connectivity index (χ3n) is 1.78. The molecule has 0 aliphatic heterocycles. The van der Waals surface area contributed by atoms with Crippen LogP contribution in [-0.4, -0.2) is 10.1 Å². The maximum absolute atomic E-state index is 9.48. The highest BCUT2D eigenvalue weighted by atomic mass is 79.9. The predicted molar refractivity (Wildman–Crippen MR) is 56.1 cm³/mol. The van der Waals surface area contributed by atoms with E-state index in [1.165, 1.54) is 6.20 Å². The quantitative estimate of drug-likeness (QED) is 0.735. The smallest absolute Gasteiger partial charge is 0.141 e. The van der Waals surface area contributed by atoms with E-state index in [1.807, 2.05) is 12.1 Å². The second-order valence-electron chi connectivity index (χ2n) is 2.62. The van der Waals surface area contributed by atoms with Crippen LogP contribution in [0.5, 0.6) is 5.75 Å². The Balaban J connectivity index is 2.92. The largest absolute Gasteiger partial charge is 0.506 e. The fourth-order valence-electron chi connectivity index (χ4n) is 1.17. The van der Waals surface area contributed by atoms with Gasteiger partial charge in [-0.2, -0.15) is 0 Å². The SMILES string of the molecule is Oc1cnc(Cl)c2ccc(Br)cc12. The second-order valence-corrected chi connectivity index (χ2v) is 3.90. The Bertz CT molecular complexity index is 472. The highest BCUT2D eigenvalue weighted by Crippen LogP contribution is 2.30. The molecule has 0 aliphatic carbocycles. The molecule has 13 heavy (non-hydrogen) atoms. The number of nitrogens with zero attached hydrogens (tertiary/aromatic N) is 1. The van der Waals surface area contributed by atoms with Crippen LogP contribution in [0.15, 0.2) is 28.9 Å². The molecule has 2 nitrogen and oxygen atoms in total. The first-order valence-electron chi connectivity index (χ1n) is 3.61. The average Bonchev–Trinajstić information content (AvgIpc) is 2.12. The zero-order valence-electron chi connectivity index (χ0n) is 6.46. The Morgan fingerprint density at radius 3 is 2.85 bits per heavy atom. The summed E-state index contributed by atoms with van der Waals surface area (Å²) in [5.41, 5.74) is 0. The van der Waals surface area contributed by atoms with Crippen molar-refractivity contribution in [1.82, 2.24) is 4.98 Å². The van der Waals surface area contributed by atoms with Crippen LogP contribution in [0.2, 0.25) is 5.15 Å². The summed E-state index contributed by atoms with van der Waals surface area (Å²) in [4.78, 5) is 3.84. The predicted octanol–water partition coefficient (Wildman–Crippen LogP) is 3.36. The Hall–Kier alpha value is -0.800. The van der Waals surface area contributed by atoms with Crippen molar-refractivity contribution in [2.75, 3.05) is 0 Å². The van der Waals surface area contributed by atoms with Crippen LogP contribution in [0.1, 0.15) is 0 Å². The normalized spacial score (nSPS) is 10.6. The highest BCUT2D eigenvalue weighted by Gasteiger charge is 2.04. The van der Waals surface area contributed by atoms with Gasteiger partial charge >= 0.3 is 0 Å². The summed E-state index contributed by atoms with van der Waals surface area (Å²) in [5.74, 6) is 0.140. The van der Waals surface area contributed by atoms with Gasteiger partial charge in [0.1, 0.15) is 10.9 Å². The lowest BCUT2D eigenvalue weighted by molar-refractivity contribution is 0.479. The molecule has 0 bridgehead atoms. The summed E-state index contributed by atoms with van der Waals surface area (Å²) in [6, 6.07) is 5.47. The summed E-state index contributed by atoms with van der Waals surface area (Å²) in [7, 11) is 0. The molecule has 1 N–H and O–H groups in total. The number of aromatic nitrogens is 1. The zero-order valence-corrected chi connectivity index (χ0v) is 8.80. The Morgan fingerprint density at radius 1 is 1.31 bits per heavy atom. The fourth-order valence-corrected chi connectivity index (χ4v) is 1.74. The minimum atomic E-state index is 0.140. The summed E-state index contributed by atoms with van der Waals surface area (Å²) < 4.78 is 0.901. The molecule has 0 saturated carbocycles. The Labute approximate surface area is 88.3 Å². The Kier molecular flexibility index (Phi) is 2.14. The summed E-state index contributed by atoms with van der Waals surface area (Å²) in [6.07, 6.45) is 1.34. The number of benzene rings is 1. The van der Waals surface area contributed by atoms with Crippen molar-refractivity contribution in [3.63, 3.8) is 0 Å². The number of rotatable bonds is 0. The lowest BCUT2D eigenvalue weighted by Crippen LogP contribution is -1.80. The van der Waals surface area contributed by atoms with Gasteiger partial charge in [-0.25, -0.2) is 4.98 Å². The van der Waals surface area contributed by atoms with Crippen LogP contribution >= 0.6 is 27.5 Å². The van der Waals surface area contributed by atoms with Gasteiger partial charge in [0, 0.05) is 15.2 Å². The molecular weight excluding hydrogens is 253 g/mol. The first-order valence-corrected chi connectivity index (χ1v) is 4.78. The minimum Gasteiger partial charge on any atom is -0.506 e. The van der Waals surface area contributed by atoms with E-state index in [1.54, 1.807) is 6.07 Å². The second kappa shape index (κ2) is 3.16. The number of aromatic hydroxyl groups is 1. The average molecular weight is 259 g/mol. The number of fused-ring (bicyclic) bond motifs is 1. The van der Waals surface area contributed by atoms with E-state index in [4.69, 9.17) is 11.6 Å². The molecule has 0 saturated heterocycles. The van der Waals surface area contributed by atoms with E-state index >= 15 is 0 Å². The topological polar surface area (TPSA) is 33.1 Å². The molecule has 0 unspecified atom stereocenters. The van der Waals surface area contributed by atoms with Crippen LogP contribution in [-0.2, 0) is 0 Å². The monoisotopic (exact) mass is 257 g/mol. The van der Waals surface area contributed by atoms with Crippen LogP contribution < -0.4 is 0 Å². The lowest BCUT2D eigenvalue weighted by atomic mass is 10.2. The summed E-state index contributed by atoms with van der Waals surface area (Å²) in [6.45, 7) is 0. The summed E-state index contributed by atoms with van der Waals surface area (Å²) in [5, 5.41) is 11.3. The van der Waals surface area contributed by atoms with Crippen molar-refractivity contribution in [1.29, 1.82) is 0 Å². The molecule has 0 aliphatic rings. The maximum atomic E-state index is 9.48. The number of hydrogen-bond acceptors (Lipinski definition) is 2. The molecule has 0 spiro atoms. The molecule has 0 fully saturated rings. The van der Waals surface area contributed by atoms with Gasteiger partial charge in [-0.05, 0) is 12.1 Å². The molecule has 2 rings (SSSR count). The molecule has 0 atom stereocenters. The van der Waals surface area contributed by atoms with Gasteiger partial charge in [-0.15, -0.1) is 0 Å². The molecule has 1 aromatic carbocycles. The van der Waals surface area contributed by atoms with E-state index in [0.29, 0.717) is 10.5 Å².